The third kappa shape index (κ3) is 4.05. The monoisotopic (exact) mass is 475 g/mol. The highest BCUT2D eigenvalue weighted by molar-refractivity contribution is 7.21. The molecular weight excluding hydrogens is 450 g/mol. The van der Waals surface area contributed by atoms with Gasteiger partial charge < -0.3 is 10.2 Å². The van der Waals surface area contributed by atoms with Crippen molar-refractivity contribution in [1.82, 2.24) is 29.8 Å². The third-order valence-electron chi connectivity index (χ3n) is 6.05. The van der Waals surface area contributed by atoms with Gasteiger partial charge in [-0.2, -0.15) is 0 Å². The molecule has 1 fully saturated rings. The largest absolute Gasteiger partial charge is 0.348 e. The van der Waals surface area contributed by atoms with Crippen LogP contribution in [0.25, 0.3) is 22.0 Å². The number of nitrogens with one attached hydrogen (secondary N) is 1. The fraction of sp³-hybridized carbons (Fsp3) is 0.333. The Hall–Kier alpha value is -3.66. The van der Waals surface area contributed by atoms with Crippen LogP contribution in [0.4, 0.5) is 5.13 Å². The number of anilines is 1. The molecule has 34 heavy (non-hydrogen) atoms. The lowest BCUT2D eigenvalue weighted by atomic mass is 10.1. The van der Waals surface area contributed by atoms with Gasteiger partial charge in [0.1, 0.15) is 6.04 Å². The molecule has 10 heteroatoms. The molecule has 0 bridgehead atoms. The summed E-state index contributed by atoms with van der Waals surface area (Å²) in [5.41, 5.74) is 1.14. The summed E-state index contributed by atoms with van der Waals surface area (Å²) in [4.78, 5) is 46.8. The van der Waals surface area contributed by atoms with Gasteiger partial charge in [-0.1, -0.05) is 41.7 Å². The minimum atomic E-state index is -0.336. The molecule has 4 aromatic rings. The van der Waals surface area contributed by atoms with E-state index in [0.29, 0.717) is 40.2 Å². The van der Waals surface area contributed by atoms with Crippen LogP contribution in [0.2, 0.25) is 0 Å². The zero-order valence-corrected chi connectivity index (χ0v) is 19.8. The molecule has 5 rings (SSSR count). The van der Waals surface area contributed by atoms with Crippen molar-refractivity contribution in [2.45, 2.75) is 45.3 Å². The second-order valence-corrected chi connectivity index (χ2v) is 9.16. The van der Waals surface area contributed by atoms with E-state index in [-0.39, 0.29) is 23.6 Å². The topological polar surface area (TPSA) is 106 Å². The number of nitrogens with zero attached hydrogens (tertiary/aromatic N) is 6. The lowest BCUT2D eigenvalue weighted by molar-refractivity contribution is -0.122. The van der Waals surface area contributed by atoms with Gasteiger partial charge in [0.05, 0.1) is 6.04 Å². The van der Waals surface area contributed by atoms with E-state index in [4.69, 9.17) is 4.98 Å². The van der Waals surface area contributed by atoms with Crippen molar-refractivity contribution in [3.63, 3.8) is 0 Å². The Morgan fingerprint density at radius 2 is 1.94 bits per heavy atom. The second kappa shape index (κ2) is 9.30. The molecule has 0 saturated carbocycles. The summed E-state index contributed by atoms with van der Waals surface area (Å²) in [5, 5.41) is 3.77. The Morgan fingerprint density at radius 3 is 2.68 bits per heavy atom. The summed E-state index contributed by atoms with van der Waals surface area (Å²) in [5.74, 6) is 0.778. The van der Waals surface area contributed by atoms with Gasteiger partial charge in [0, 0.05) is 25.5 Å². The molecule has 3 aromatic heterocycles. The zero-order valence-electron chi connectivity index (χ0n) is 19.0. The lowest BCUT2D eigenvalue weighted by Gasteiger charge is -2.25. The van der Waals surface area contributed by atoms with Crippen LogP contribution in [-0.4, -0.2) is 43.0 Å². The standard InChI is InChI=1S/C24H25N7O2S/c1-3-30-20(19-25-12-8-13-26-19)29-22-18(23(30)33)28-24(34-22)31-14-7-11-17(31)21(32)27-15(2)16-9-5-4-6-10-16/h4-6,8-10,12-13,15,17H,3,7,11,14H2,1-2H3,(H,27,32)/t15-,17?/m1/s1. The highest BCUT2D eigenvalue weighted by Crippen LogP contribution is 2.32. The number of amides is 1. The molecule has 1 aromatic carbocycles. The first-order chi connectivity index (χ1) is 16.6. The number of benzene rings is 1. The molecule has 4 heterocycles. The maximum Gasteiger partial charge on any atom is 0.281 e. The van der Waals surface area contributed by atoms with Crippen LogP contribution in [0.15, 0.2) is 53.6 Å². The molecule has 1 saturated heterocycles. The summed E-state index contributed by atoms with van der Waals surface area (Å²) >= 11 is 1.33. The Morgan fingerprint density at radius 1 is 1.18 bits per heavy atom. The molecule has 0 aliphatic carbocycles. The number of hydrogen-bond acceptors (Lipinski definition) is 8. The molecule has 9 nitrogen and oxygen atoms in total. The molecule has 1 aliphatic heterocycles. The van der Waals surface area contributed by atoms with Gasteiger partial charge in [0.25, 0.3) is 5.56 Å². The van der Waals surface area contributed by atoms with Gasteiger partial charge in [0.15, 0.2) is 27.1 Å². The summed E-state index contributed by atoms with van der Waals surface area (Å²) < 4.78 is 1.54. The summed E-state index contributed by atoms with van der Waals surface area (Å²) in [6.45, 7) is 4.99. The van der Waals surface area contributed by atoms with E-state index in [9.17, 15) is 9.59 Å². The fourth-order valence-corrected chi connectivity index (χ4v) is 5.31. The smallest absolute Gasteiger partial charge is 0.281 e. The van der Waals surface area contributed by atoms with E-state index in [1.54, 1.807) is 18.5 Å². The molecule has 1 amide bonds. The van der Waals surface area contributed by atoms with E-state index in [1.807, 2.05) is 49.1 Å². The number of rotatable bonds is 6. The molecule has 1 aliphatic rings. The third-order valence-corrected chi connectivity index (χ3v) is 7.04. The van der Waals surface area contributed by atoms with E-state index in [1.165, 1.54) is 15.9 Å². The van der Waals surface area contributed by atoms with E-state index < -0.39 is 0 Å². The van der Waals surface area contributed by atoms with Crippen LogP contribution in [0.5, 0.6) is 0 Å². The quantitative estimate of drug-likeness (QED) is 0.456. The van der Waals surface area contributed by atoms with Gasteiger partial charge in [-0.05, 0) is 38.3 Å². The van der Waals surface area contributed by atoms with Crippen molar-refractivity contribution in [3.05, 3.63) is 64.7 Å². The maximum absolute atomic E-state index is 13.2. The summed E-state index contributed by atoms with van der Waals surface area (Å²) in [6, 6.07) is 11.2. The Bertz CT molecular complexity index is 1370. The van der Waals surface area contributed by atoms with Crippen LogP contribution in [0, 0.1) is 0 Å². The Balaban J connectivity index is 1.46. The van der Waals surface area contributed by atoms with Crippen molar-refractivity contribution in [2.24, 2.45) is 0 Å². The normalized spacial score (nSPS) is 16.6. The van der Waals surface area contributed by atoms with Gasteiger partial charge in [0.2, 0.25) is 5.91 Å². The summed E-state index contributed by atoms with van der Waals surface area (Å²) in [6.07, 6.45) is 4.86. The van der Waals surface area contributed by atoms with Crippen LogP contribution in [0.1, 0.15) is 38.3 Å². The number of carbonyl (C=O) groups excluding carboxylic acids is 1. The molecule has 174 valence electrons. The highest BCUT2D eigenvalue weighted by atomic mass is 32.1. The van der Waals surface area contributed by atoms with E-state index in [0.717, 1.165) is 18.4 Å². The number of hydrogen-bond donors (Lipinski definition) is 1. The maximum atomic E-state index is 13.2. The number of fused-ring (bicyclic) bond motifs is 1. The van der Waals surface area contributed by atoms with E-state index in [2.05, 4.69) is 20.3 Å². The Kier molecular flexibility index (Phi) is 6.06. The van der Waals surface area contributed by atoms with Gasteiger partial charge >= 0.3 is 0 Å². The van der Waals surface area contributed by atoms with Gasteiger partial charge in [-0.25, -0.2) is 19.9 Å². The SMILES string of the molecule is CCn1c(-c2ncccn2)nc2sc(N3CCCC3C(=O)N[C@H](C)c3ccccc3)nc2c1=O. The zero-order chi connectivity index (χ0) is 23.7. The number of carbonyl (C=O) groups is 1. The first kappa shape index (κ1) is 22.1. The molecule has 0 spiro atoms. The summed E-state index contributed by atoms with van der Waals surface area (Å²) in [7, 11) is 0. The molecule has 2 atom stereocenters. The molecular formula is C24H25N7O2S. The first-order valence-corrected chi connectivity index (χ1v) is 12.2. The average Bonchev–Trinajstić information content (AvgIpc) is 3.52. The van der Waals surface area contributed by atoms with Crippen molar-refractivity contribution < 1.29 is 4.79 Å². The van der Waals surface area contributed by atoms with Crippen LogP contribution < -0.4 is 15.8 Å². The lowest BCUT2D eigenvalue weighted by Crippen LogP contribution is -2.44. The predicted octanol–water partition coefficient (Wildman–Crippen LogP) is 3.18. The van der Waals surface area contributed by atoms with Crippen molar-refractivity contribution in [2.75, 3.05) is 11.4 Å². The molecule has 1 unspecified atom stereocenters. The minimum Gasteiger partial charge on any atom is -0.348 e. The van der Waals surface area contributed by atoms with Crippen LogP contribution in [0.3, 0.4) is 0 Å². The van der Waals surface area contributed by atoms with Crippen LogP contribution in [-0.2, 0) is 11.3 Å². The molecule has 0 radical (unpaired) electrons. The van der Waals surface area contributed by atoms with Gasteiger partial charge in [-0.15, -0.1) is 0 Å². The highest BCUT2D eigenvalue weighted by Gasteiger charge is 2.34. The average molecular weight is 476 g/mol. The van der Waals surface area contributed by atoms with Gasteiger partial charge in [-0.3, -0.25) is 14.2 Å². The second-order valence-electron chi connectivity index (χ2n) is 8.20. The first-order valence-electron chi connectivity index (χ1n) is 11.4. The minimum absolute atomic E-state index is 0.0367. The molecule has 1 N–H and O–H groups in total. The van der Waals surface area contributed by atoms with Crippen molar-refractivity contribution in [3.8, 4) is 11.6 Å². The Labute approximate surface area is 200 Å². The van der Waals surface area contributed by atoms with E-state index >= 15 is 0 Å². The number of aromatic nitrogens is 5. The number of thiazole rings is 1. The predicted molar refractivity (Wildman–Crippen MR) is 132 cm³/mol. The van der Waals surface area contributed by atoms with Crippen molar-refractivity contribution >= 4 is 32.7 Å². The van der Waals surface area contributed by atoms with Crippen molar-refractivity contribution in [1.29, 1.82) is 0 Å². The fourth-order valence-electron chi connectivity index (χ4n) is 4.30. The van der Waals surface area contributed by atoms with Crippen LogP contribution >= 0.6 is 11.3 Å².